The van der Waals surface area contributed by atoms with Gasteiger partial charge in [-0.2, -0.15) is 11.8 Å². The highest BCUT2D eigenvalue weighted by atomic mass is 35.5. The number of nitrogens with zero attached hydrogens (tertiary/aromatic N) is 1. The Morgan fingerprint density at radius 1 is 1.35 bits per heavy atom. The van der Waals surface area contributed by atoms with E-state index >= 15 is 0 Å². The largest absolute Gasteiger partial charge is 0.341 e. The Bertz CT molecular complexity index is 253. The van der Waals surface area contributed by atoms with E-state index in [9.17, 15) is 4.79 Å². The number of amides is 1. The predicted molar refractivity (Wildman–Crippen MR) is 76.0 cm³/mol. The lowest BCUT2D eigenvalue weighted by Gasteiger charge is -2.24. The molecule has 2 aliphatic heterocycles. The lowest BCUT2D eigenvalue weighted by Crippen LogP contribution is -2.38. The summed E-state index contributed by atoms with van der Waals surface area (Å²) in [6, 6.07) is 1.24. The van der Waals surface area contributed by atoms with Crippen LogP contribution in [0, 0.1) is 0 Å². The molecular formula is C12H23ClN2OS. The molecule has 2 heterocycles. The van der Waals surface area contributed by atoms with Crippen LogP contribution in [0.4, 0.5) is 0 Å². The number of hydrogen-bond donors (Lipinski definition) is 1. The number of thioether (sulfide) groups is 1. The molecule has 2 aliphatic rings. The first-order chi connectivity index (χ1) is 7.79. The van der Waals surface area contributed by atoms with E-state index < -0.39 is 0 Å². The highest BCUT2D eigenvalue weighted by Crippen LogP contribution is 2.20. The number of likely N-dealkylation sites (tertiary alicyclic amines) is 1. The predicted octanol–water partition coefficient (Wildman–Crippen LogP) is 1.90. The summed E-state index contributed by atoms with van der Waals surface area (Å²) in [6.07, 6.45) is 7.55. The van der Waals surface area contributed by atoms with Gasteiger partial charge in [-0.15, -0.1) is 12.4 Å². The second-order valence-electron chi connectivity index (χ2n) is 4.86. The molecule has 2 atom stereocenters. The Balaban J connectivity index is 0.00000144. The van der Waals surface area contributed by atoms with Crippen LogP contribution in [0.1, 0.15) is 32.1 Å². The zero-order chi connectivity index (χ0) is 11.4. The van der Waals surface area contributed by atoms with Crippen LogP contribution in [0.2, 0.25) is 0 Å². The third kappa shape index (κ3) is 4.34. The molecular weight excluding hydrogens is 256 g/mol. The van der Waals surface area contributed by atoms with Gasteiger partial charge in [0.25, 0.3) is 0 Å². The quantitative estimate of drug-likeness (QED) is 0.798. The molecule has 2 unspecified atom stereocenters. The number of carbonyl (C=O) groups is 1. The minimum atomic E-state index is 0. The van der Waals surface area contributed by atoms with Crippen LogP contribution in [-0.4, -0.2) is 48.0 Å². The van der Waals surface area contributed by atoms with Crippen molar-refractivity contribution < 1.29 is 4.79 Å². The summed E-state index contributed by atoms with van der Waals surface area (Å²) in [4.78, 5) is 14.1. The summed E-state index contributed by atoms with van der Waals surface area (Å²) in [6.45, 7) is 1.90. The average molecular weight is 279 g/mol. The van der Waals surface area contributed by atoms with E-state index in [-0.39, 0.29) is 12.4 Å². The zero-order valence-corrected chi connectivity index (χ0v) is 12.1. The zero-order valence-electron chi connectivity index (χ0n) is 10.5. The monoisotopic (exact) mass is 278 g/mol. The van der Waals surface area contributed by atoms with E-state index in [1.165, 1.54) is 12.8 Å². The van der Waals surface area contributed by atoms with E-state index in [0.29, 0.717) is 18.0 Å². The van der Waals surface area contributed by atoms with Crippen molar-refractivity contribution in [3.63, 3.8) is 0 Å². The molecule has 0 aromatic heterocycles. The van der Waals surface area contributed by atoms with Crippen LogP contribution < -0.4 is 5.32 Å². The van der Waals surface area contributed by atoms with Gasteiger partial charge in [0.1, 0.15) is 0 Å². The minimum absolute atomic E-state index is 0. The molecule has 1 N–H and O–H groups in total. The summed E-state index contributed by atoms with van der Waals surface area (Å²) in [5.74, 6) is 1.47. The average Bonchev–Trinajstić information content (AvgIpc) is 2.58. The van der Waals surface area contributed by atoms with Gasteiger partial charge in [-0.3, -0.25) is 4.79 Å². The SMILES string of the molecule is CSCCCC(=O)N1CCC2CCC(C1)N2.Cl. The van der Waals surface area contributed by atoms with Crippen LogP contribution in [0.15, 0.2) is 0 Å². The number of carbonyl (C=O) groups excluding carboxylic acids is 1. The molecule has 5 heteroatoms. The number of halogens is 1. The van der Waals surface area contributed by atoms with Gasteiger partial charge >= 0.3 is 0 Å². The highest BCUT2D eigenvalue weighted by molar-refractivity contribution is 7.98. The minimum Gasteiger partial charge on any atom is -0.341 e. The van der Waals surface area contributed by atoms with Gasteiger partial charge in [0.05, 0.1) is 0 Å². The Kier molecular flexibility index (Phi) is 6.67. The number of fused-ring (bicyclic) bond motifs is 2. The van der Waals surface area contributed by atoms with Gasteiger partial charge < -0.3 is 10.2 Å². The van der Waals surface area contributed by atoms with Crippen molar-refractivity contribution in [2.75, 3.05) is 25.1 Å². The van der Waals surface area contributed by atoms with E-state index in [1.54, 1.807) is 0 Å². The van der Waals surface area contributed by atoms with Crippen LogP contribution in [0.3, 0.4) is 0 Å². The fourth-order valence-corrected chi connectivity index (χ4v) is 3.13. The Morgan fingerprint density at radius 3 is 2.88 bits per heavy atom. The fraction of sp³-hybridized carbons (Fsp3) is 0.917. The molecule has 2 bridgehead atoms. The molecule has 2 fully saturated rings. The molecule has 0 aliphatic carbocycles. The van der Waals surface area contributed by atoms with E-state index in [0.717, 1.165) is 38.1 Å². The molecule has 100 valence electrons. The first-order valence-electron chi connectivity index (χ1n) is 6.32. The fourth-order valence-electron chi connectivity index (χ4n) is 2.70. The molecule has 0 radical (unpaired) electrons. The van der Waals surface area contributed by atoms with Gasteiger partial charge in [-0.1, -0.05) is 0 Å². The van der Waals surface area contributed by atoms with Gasteiger partial charge in [0, 0.05) is 31.6 Å². The molecule has 3 nitrogen and oxygen atoms in total. The lowest BCUT2D eigenvalue weighted by atomic mass is 10.1. The van der Waals surface area contributed by atoms with E-state index in [1.807, 2.05) is 11.8 Å². The Hall–Kier alpha value is 0.0700. The van der Waals surface area contributed by atoms with Crippen LogP contribution in [0.5, 0.6) is 0 Å². The van der Waals surface area contributed by atoms with Gasteiger partial charge in [-0.05, 0) is 37.7 Å². The maximum absolute atomic E-state index is 12.0. The van der Waals surface area contributed by atoms with Gasteiger partial charge in [0.15, 0.2) is 0 Å². The van der Waals surface area contributed by atoms with Gasteiger partial charge in [-0.25, -0.2) is 0 Å². The number of rotatable bonds is 4. The van der Waals surface area contributed by atoms with Crippen molar-refractivity contribution in [2.24, 2.45) is 0 Å². The van der Waals surface area contributed by atoms with Crippen molar-refractivity contribution in [1.82, 2.24) is 10.2 Å². The molecule has 17 heavy (non-hydrogen) atoms. The van der Waals surface area contributed by atoms with Crippen molar-refractivity contribution >= 4 is 30.1 Å². The molecule has 0 spiro atoms. The molecule has 0 aromatic rings. The second kappa shape index (κ2) is 7.49. The molecule has 0 saturated carbocycles. The normalized spacial score (nSPS) is 27.5. The van der Waals surface area contributed by atoms with E-state index in [4.69, 9.17) is 0 Å². The van der Waals surface area contributed by atoms with Crippen LogP contribution >= 0.6 is 24.2 Å². The third-order valence-corrected chi connectivity index (χ3v) is 4.31. The van der Waals surface area contributed by atoms with Gasteiger partial charge in [0.2, 0.25) is 5.91 Å². The van der Waals surface area contributed by atoms with Crippen LogP contribution in [0.25, 0.3) is 0 Å². The lowest BCUT2D eigenvalue weighted by molar-refractivity contribution is -0.131. The maximum Gasteiger partial charge on any atom is 0.222 e. The first kappa shape index (κ1) is 15.1. The van der Waals surface area contributed by atoms with Crippen molar-refractivity contribution in [2.45, 2.75) is 44.2 Å². The summed E-state index contributed by atoms with van der Waals surface area (Å²) >= 11 is 1.82. The van der Waals surface area contributed by atoms with Crippen molar-refractivity contribution in [3.8, 4) is 0 Å². The van der Waals surface area contributed by atoms with E-state index in [2.05, 4.69) is 16.5 Å². The second-order valence-corrected chi connectivity index (χ2v) is 5.85. The number of hydrogen-bond acceptors (Lipinski definition) is 3. The summed E-state index contributed by atoms with van der Waals surface area (Å²) < 4.78 is 0. The Morgan fingerprint density at radius 2 is 2.12 bits per heavy atom. The van der Waals surface area contributed by atoms with Crippen molar-refractivity contribution in [3.05, 3.63) is 0 Å². The molecule has 0 aromatic carbocycles. The number of nitrogens with one attached hydrogen (secondary N) is 1. The Labute approximate surface area is 114 Å². The first-order valence-corrected chi connectivity index (χ1v) is 7.71. The van der Waals surface area contributed by atoms with Crippen molar-refractivity contribution in [1.29, 1.82) is 0 Å². The topological polar surface area (TPSA) is 32.3 Å². The third-order valence-electron chi connectivity index (χ3n) is 3.62. The molecule has 2 saturated heterocycles. The standard InChI is InChI=1S/C12H22N2OS.ClH/c1-16-8-2-3-12(15)14-7-6-10-4-5-11(9-14)13-10;/h10-11,13H,2-9H2,1H3;1H. The van der Waals surface area contributed by atoms with Crippen LogP contribution in [-0.2, 0) is 4.79 Å². The molecule has 2 rings (SSSR count). The maximum atomic E-state index is 12.0. The molecule has 1 amide bonds. The summed E-state index contributed by atoms with van der Waals surface area (Å²) in [5, 5.41) is 3.61. The highest BCUT2D eigenvalue weighted by Gasteiger charge is 2.30. The summed E-state index contributed by atoms with van der Waals surface area (Å²) in [5.41, 5.74) is 0. The summed E-state index contributed by atoms with van der Waals surface area (Å²) in [7, 11) is 0. The smallest absolute Gasteiger partial charge is 0.222 e.